The van der Waals surface area contributed by atoms with Gasteiger partial charge in [-0.25, -0.2) is 4.39 Å². The van der Waals surface area contributed by atoms with E-state index in [9.17, 15) is 13.4 Å². The molecule has 1 fully saturated rings. The molecule has 3 aromatic rings. The maximum absolute atomic E-state index is 14.2. The number of carbonyl (C=O) groups excluding carboxylic acids is 1. The smallest absolute Gasteiger partial charge is 0.240 e. The second-order valence-corrected chi connectivity index (χ2v) is 11.4. The van der Waals surface area contributed by atoms with Gasteiger partial charge in [0.2, 0.25) is 5.91 Å². The molecule has 0 radical (unpaired) electrons. The van der Waals surface area contributed by atoms with Gasteiger partial charge in [0, 0.05) is 60.8 Å². The van der Waals surface area contributed by atoms with Crippen LogP contribution in [0.2, 0.25) is 0 Å². The van der Waals surface area contributed by atoms with Crippen LogP contribution in [0, 0.1) is 0 Å². The van der Waals surface area contributed by atoms with Crippen molar-refractivity contribution < 1.29 is 13.4 Å². The highest BCUT2D eigenvalue weighted by Crippen LogP contribution is 2.28. The zero-order valence-electron chi connectivity index (χ0n) is 18.6. The van der Waals surface area contributed by atoms with E-state index in [2.05, 4.69) is 26.4 Å². The second-order valence-electron chi connectivity index (χ2n) is 8.73. The van der Waals surface area contributed by atoms with Gasteiger partial charge in [0.1, 0.15) is 17.1 Å². The first-order valence-corrected chi connectivity index (χ1v) is 13.1. The van der Waals surface area contributed by atoms with Crippen molar-refractivity contribution in [1.29, 1.82) is 0 Å². The molecule has 3 atom stereocenters. The molecule has 3 unspecified atom stereocenters. The Balaban J connectivity index is 1.35. The van der Waals surface area contributed by atoms with Crippen LogP contribution in [0.5, 0.6) is 0 Å². The summed E-state index contributed by atoms with van der Waals surface area (Å²) in [6, 6.07) is 9.23. The van der Waals surface area contributed by atoms with E-state index >= 15 is 0 Å². The predicted octanol–water partition coefficient (Wildman–Crippen LogP) is 3.19. The third kappa shape index (κ3) is 4.53. The van der Waals surface area contributed by atoms with Gasteiger partial charge < -0.3 is 5.32 Å². The normalized spacial score (nSPS) is 25.3. The molecule has 1 aliphatic heterocycles. The number of amides is 1. The Morgan fingerprint density at radius 1 is 1.29 bits per heavy atom. The van der Waals surface area contributed by atoms with Crippen LogP contribution >= 0.6 is 0 Å². The van der Waals surface area contributed by atoms with E-state index < -0.39 is 20.9 Å². The summed E-state index contributed by atoms with van der Waals surface area (Å²) in [4.78, 5) is 19.3. The number of hydrogen-bond donors (Lipinski definition) is 2. The van der Waals surface area contributed by atoms with Crippen molar-refractivity contribution in [1.82, 2.24) is 20.1 Å². The molecule has 176 valence electrons. The number of fused-ring (bicyclic) bond motifs is 1. The Bertz CT molecular complexity index is 1380. The fourth-order valence-electron chi connectivity index (χ4n) is 4.41. The first kappa shape index (κ1) is 22.5. The third-order valence-electron chi connectivity index (χ3n) is 6.37. The number of H-pyrrole nitrogens is 1. The third-order valence-corrected chi connectivity index (χ3v) is 8.64. The number of allylic oxidation sites excluding steroid dienone is 3. The lowest BCUT2D eigenvalue weighted by Gasteiger charge is -2.35. The zero-order valence-corrected chi connectivity index (χ0v) is 19.4. The number of pyridine rings is 1. The standard InChI is InChI=1S/C25H26FN5O2S/c1-34(33)13-12-31(15-18-4-2-3-5-21(18)26)16-23(34)25(32)28-19-6-7-22-20(14-19)24(30-29-22)17-8-10-27-11-9-17/h2-4,6-11,14,21,23H,1,5,12-13,15-16H2,(H,28,32)(H,29,30). The minimum atomic E-state index is -2.62. The number of rotatable bonds is 5. The van der Waals surface area contributed by atoms with Crippen LogP contribution in [-0.4, -0.2) is 72.9 Å². The highest BCUT2D eigenvalue weighted by molar-refractivity contribution is 8.01. The zero-order chi connectivity index (χ0) is 23.7. The molecule has 1 aromatic carbocycles. The van der Waals surface area contributed by atoms with Crippen molar-refractivity contribution >= 4 is 37.9 Å². The van der Waals surface area contributed by atoms with E-state index in [4.69, 9.17) is 0 Å². The van der Waals surface area contributed by atoms with Gasteiger partial charge >= 0.3 is 0 Å². The highest BCUT2D eigenvalue weighted by Gasteiger charge is 2.35. The van der Waals surface area contributed by atoms with Crippen molar-refractivity contribution in [3.63, 3.8) is 0 Å². The maximum Gasteiger partial charge on any atom is 0.240 e. The Morgan fingerprint density at radius 3 is 2.91 bits per heavy atom. The largest absolute Gasteiger partial charge is 0.325 e. The van der Waals surface area contributed by atoms with Gasteiger partial charge in [0.05, 0.1) is 5.52 Å². The van der Waals surface area contributed by atoms with E-state index in [1.165, 1.54) is 0 Å². The molecule has 1 amide bonds. The van der Waals surface area contributed by atoms with Crippen molar-refractivity contribution in [2.45, 2.75) is 17.8 Å². The molecule has 7 nitrogen and oxygen atoms in total. The molecule has 1 aliphatic carbocycles. The Hall–Kier alpha value is -3.30. The quantitative estimate of drug-likeness (QED) is 0.549. The molecule has 9 heteroatoms. The summed E-state index contributed by atoms with van der Waals surface area (Å²) >= 11 is 0. The van der Waals surface area contributed by atoms with E-state index in [0.717, 1.165) is 22.2 Å². The molecular formula is C25H26FN5O2S. The number of nitrogens with one attached hydrogen (secondary N) is 2. The Morgan fingerprint density at radius 2 is 2.12 bits per heavy atom. The molecule has 1 saturated heterocycles. The lowest BCUT2D eigenvalue weighted by Crippen LogP contribution is -2.52. The summed E-state index contributed by atoms with van der Waals surface area (Å²) < 4.78 is 27.4. The summed E-state index contributed by atoms with van der Waals surface area (Å²) in [7, 11) is -2.62. The molecule has 34 heavy (non-hydrogen) atoms. The van der Waals surface area contributed by atoms with Crippen molar-refractivity contribution in [2.24, 2.45) is 0 Å². The minimum absolute atomic E-state index is 0.276. The van der Waals surface area contributed by atoms with Gasteiger partial charge in [0.25, 0.3) is 0 Å². The lowest BCUT2D eigenvalue weighted by molar-refractivity contribution is -0.116. The van der Waals surface area contributed by atoms with Gasteiger partial charge in [-0.3, -0.25) is 24.0 Å². The van der Waals surface area contributed by atoms with Crippen LogP contribution in [0.25, 0.3) is 22.2 Å². The molecule has 3 heterocycles. The van der Waals surface area contributed by atoms with Crippen molar-refractivity contribution in [3.8, 4) is 11.3 Å². The summed E-state index contributed by atoms with van der Waals surface area (Å²) in [5.74, 6) is 3.85. The van der Waals surface area contributed by atoms with Crippen LogP contribution in [0.15, 0.2) is 66.5 Å². The molecular weight excluding hydrogens is 453 g/mol. The molecule has 0 spiro atoms. The monoisotopic (exact) mass is 479 g/mol. The summed E-state index contributed by atoms with van der Waals surface area (Å²) in [5, 5.41) is 10.4. The number of anilines is 1. The topological polar surface area (TPSA) is 91.0 Å². The molecule has 5 rings (SSSR count). The molecule has 2 aliphatic rings. The van der Waals surface area contributed by atoms with Crippen LogP contribution in [0.3, 0.4) is 0 Å². The number of aromatic amines is 1. The maximum atomic E-state index is 14.2. The summed E-state index contributed by atoms with van der Waals surface area (Å²) in [6.07, 6.45) is 8.21. The number of nitrogens with zero attached hydrogens (tertiary/aromatic N) is 3. The van der Waals surface area contributed by atoms with Gasteiger partial charge in [-0.15, -0.1) is 0 Å². The van der Waals surface area contributed by atoms with Crippen molar-refractivity contribution in [3.05, 3.63) is 66.5 Å². The summed E-state index contributed by atoms with van der Waals surface area (Å²) in [5.41, 5.74) is 3.78. The molecule has 0 saturated carbocycles. The van der Waals surface area contributed by atoms with Gasteiger partial charge in [0.15, 0.2) is 0 Å². The molecule has 2 aromatic heterocycles. The lowest BCUT2D eigenvalue weighted by atomic mass is 10.0. The van der Waals surface area contributed by atoms with Crippen LogP contribution in [0.4, 0.5) is 10.1 Å². The highest BCUT2D eigenvalue weighted by atomic mass is 32.2. The number of carbonyl (C=O) groups is 1. The van der Waals surface area contributed by atoms with Gasteiger partial charge in [-0.2, -0.15) is 5.10 Å². The number of halogens is 1. The van der Waals surface area contributed by atoms with Crippen molar-refractivity contribution in [2.75, 3.05) is 30.7 Å². The van der Waals surface area contributed by atoms with Crippen LogP contribution in [0.1, 0.15) is 6.42 Å². The van der Waals surface area contributed by atoms with E-state index in [-0.39, 0.29) is 12.5 Å². The predicted molar refractivity (Wildman–Crippen MR) is 135 cm³/mol. The van der Waals surface area contributed by atoms with E-state index in [0.29, 0.717) is 36.5 Å². The van der Waals surface area contributed by atoms with Crippen LogP contribution in [-0.2, 0) is 14.3 Å². The fourth-order valence-corrected chi connectivity index (χ4v) is 6.19. The Labute approximate surface area is 197 Å². The number of aromatic nitrogens is 3. The second kappa shape index (κ2) is 9.15. The average Bonchev–Trinajstić information content (AvgIpc) is 3.25. The first-order chi connectivity index (χ1) is 16.4. The van der Waals surface area contributed by atoms with Gasteiger partial charge in [-0.1, -0.05) is 18.2 Å². The number of hydrogen-bond acceptors (Lipinski definition) is 5. The number of alkyl halides is 1. The first-order valence-electron chi connectivity index (χ1n) is 11.2. The fraction of sp³-hybridized carbons (Fsp3) is 0.280. The number of benzene rings is 1. The molecule has 2 N–H and O–H groups in total. The van der Waals surface area contributed by atoms with E-state index in [1.807, 2.05) is 35.2 Å². The SMILES string of the molecule is C=S1(=O)CCN(CC2=CC=CCC2F)CC1C(=O)Nc1ccc2[nH]nc(-c3ccncc3)c2c1. The van der Waals surface area contributed by atoms with Crippen LogP contribution < -0.4 is 5.32 Å². The molecule has 0 bridgehead atoms. The Kier molecular flexibility index (Phi) is 6.05. The minimum Gasteiger partial charge on any atom is -0.325 e. The summed E-state index contributed by atoms with van der Waals surface area (Å²) in [6.45, 7) is 1.22. The van der Waals surface area contributed by atoms with Gasteiger partial charge in [-0.05, 0) is 51.3 Å². The average molecular weight is 480 g/mol. The van der Waals surface area contributed by atoms with E-state index in [1.54, 1.807) is 30.6 Å².